The van der Waals surface area contributed by atoms with E-state index in [1.165, 1.54) is 25.7 Å². The summed E-state index contributed by atoms with van der Waals surface area (Å²) in [6.45, 7) is 5.09. The van der Waals surface area contributed by atoms with Crippen molar-refractivity contribution in [3.8, 4) is 0 Å². The molecule has 1 N–H and O–H groups in total. The van der Waals surface area contributed by atoms with Gasteiger partial charge in [-0.05, 0) is 18.3 Å². The molecular weight excluding hydrogens is 316 g/mol. The van der Waals surface area contributed by atoms with Gasteiger partial charge in [-0.2, -0.15) is 5.10 Å². The van der Waals surface area contributed by atoms with Gasteiger partial charge in [0.1, 0.15) is 6.54 Å². The molecule has 0 bridgehead atoms. The van der Waals surface area contributed by atoms with Gasteiger partial charge in [0.15, 0.2) is 5.96 Å². The van der Waals surface area contributed by atoms with Crippen LogP contribution in [0.5, 0.6) is 0 Å². The second kappa shape index (κ2) is 7.89. The molecule has 2 unspecified atom stereocenters. The zero-order valence-corrected chi connectivity index (χ0v) is 15.6. The first-order valence-corrected chi connectivity index (χ1v) is 9.33. The maximum Gasteiger partial charge on any atom is 0.246 e. The number of aromatic nitrogens is 2. The molecule has 3 rings (SSSR count). The quantitative estimate of drug-likeness (QED) is 0.665. The lowest BCUT2D eigenvalue weighted by Gasteiger charge is -2.36. The van der Waals surface area contributed by atoms with Crippen LogP contribution in [0.3, 0.4) is 0 Å². The fourth-order valence-electron chi connectivity index (χ4n) is 3.93. The molecule has 2 heterocycles. The summed E-state index contributed by atoms with van der Waals surface area (Å²) in [4.78, 5) is 20.8. The molecule has 1 saturated heterocycles. The van der Waals surface area contributed by atoms with Crippen LogP contribution in [0.2, 0.25) is 0 Å². The minimum absolute atomic E-state index is 0.0910. The number of piperazine rings is 1. The van der Waals surface area contributed by atoms with Crippen LogP contribution >= 0.6 is 0 Å². The van der Waals surface area contributed by atoms with Crippen LogP contribution in [0.15, 0.2) is 17.4 Å². The number of nitrogens with one attached hydrogen (secondary N) is 1. The molecule has 1 aromatic heterocycles. The summed E-state index contributed by atoms with van der Waals surface area (Å²) in [5, 5.41) is 7.67. The number of rotatable bonds is 3. The maximum atomic E-state index is 12.6. The molecule has 2 fully saturated rings. The Bertz CT molecular complexity index is 625. The SMILES string of the molecule is CN=C(NCC1CCCCC1C)N1CCN(c2cnn(C)c2)C(=O)C1. The second-order valence-corrected chi connectivity index (χ2v) is 7.29. The summed E-state index contributed by atoms with van der Waals surface area (Å²) in [6.07, 6.45) is 8.93. The highest BCUT2D eigenvalue weighted by atomic mass is 16.2. The number of nitrogens with zero attached hydrogens (tertiary/aromatic N) is 5. The third kappa shape index (κ3) is 4.14. The van der Waals surface area contributed by atoms with Crippen molar-refractivity contribution in [3.05, 3.63) is 12.4 Å². The summed E-state index contributed by atoms with van der Waals surface area (Å²) >= 11 is 0. The molecule has 1 aromatic rings. The molecule has 2 aliphatic rings. The predicted molar refractivity (Wildman–Crippen MR) is 99.6 cm³/mol. The van der Waals surface area contributed by atoms with E-state index in [0.29, 0.717) is 19.0 Å². The molecule has 7 nitrogen and oxygen atoms in total. The van der Waals surface area contributed by atoms with Gasteiger partial charge in [-0.3, -0.25) is 14.5 Å². The van der Waals surface area contributed by atoms with Crippen molar-refractivity contribution in [2.45, 2.75) is 32.6 Å². The van der Waals surface area contributed by atoms with Crippen molar-refractivity contribution in [3.63, 3.8) is 0 Å². The summed E-state index contributed by atoms with van der Waals surface area (Å²) in [5.41, 5.74) is 0.867. The van der Waals surface area contributed by atoms with Gasteiger partial charge in [0.25, 0.3) is 0 Å². The molecule has 1 saturated carbocycles. The number of aliphatic imine (C=N–C) groups is 1. The van der Waals surface area contributed by atoms with Crippen molar-refractivity contribution < 1.29 is 4.79 Å². The zero-order chi connectivity index (χ0) is 17.8. The number of guanidine groups is 1. The lowest BCUT2D eigenvalue weighted by Crippen LogP contribution is -2.56. The Balaban J connectivity index is 1.55. The van der Waals surface area contributed by atoms with Gasteiger partial charge < -0.3 is 15.1 Å². The van der Waals surface area contributed by atoms with E-state index in [4.69, 9.17) is 0 Å². The van der Waals surface area contributed by atoms with Crippen LogP contribution < -0.4 is 10.2 Å². The maximum absolute atomic E-state index is 12.6. The summed E-state index contributed by atoms with van der Waals surface area (Å²) in [5.74, 6) is 2.41. The Morgan fingerprint density at radius 3 is 2.80 bits per heavy atom. The smallest absolute Gasteiger partial charge is 0.246 e. The third-order valence-electron chi connectivity index (χ3n) is 5.55. The Hall–Kier alpha value is -2.05. The first-order valence-electron chi connectivity index (χ1n) is 9.33. The highest BCUT2D eigenvalue weighted by Gasteiger charge is 2.28. The van der Waals surface area contributed by atoms with Gasteiger partial charge in [0.2, 0.25) is 5.91 Å². The average Bonchev–Trinajstić information content (AvgIpc) is 3.03. The van der Waals surface area contributed by atoms with E-state index in [1.807, 2.05) is 13.2 Å². The molecule has 25 heavy (non-hydrogen) atoms. The Labute approximate surface area is 150 Å². The van der Waals surface area contributed by atoms with Gasteiger partial charge in [-0.1, -0.05) is 26.2 Å². The van der Waals surface area contributed by atoms with Gasteiger partial charge in [-0.15, -0.1) is 0 Å². The van der Waals surface area contributed by atoms with E-state index in [0.717, 1.165) is 30.7 Å². The largest absolute Gasteiger partial charge is 0.356 e. The molecule has 138 valence electrons. The third-order valence-corrected chi connectivity index (χ3v) is 5.55. The normalized spacial score (nSPS) is 25.4. The fraction of sp³-hybridized carbons (Fsp3) is 0.722. The van der Waals surface area contributed by atoms with Crippen molar-refractivity contribution in [2.75, 3.05) is 38.1 Å². The minimum Gasteiger partial charge on any atom is -0.356 e. The second-order valence-electron chi connectivity index (χ2n) is 7.29. The molecule has 0 radical (unpaired) electrons. The van der Waals surface area contributed by atoms with Crippen molar-refractivity contribution in [1.82, 2.24) is 20.0 Å². The summed E-state index contributed by atoms with van der Waals surface area (Å²) in [7, 11) is 3.66. The van der Waals surface area contributed by atoms with Crippen molar-refractivity contribution in [1.29, 1.82) is 0 Å². The Morgan fingerprint density at radius 2 is 2.16 bits per heavy atom. The Kier molecular flexibility index (Phi) is 5.60. The Morgan fingerprint density at radius 1 is 1.36 bits per heavy atom. The first-order chi connectivity index (χ1) is 12.1. The van der Waals surface area contributed by atoms with Gasteiger partial charge >= 0.3 is 0 Å². The van der Waals surface area contributed by atoms with Crippen LogP contribution in [0.4, 0.5) is 5.69 Å². The predicted octanol–water partition coefficient (Wildman–Crippen LogP) is 1.47. The summed E-state index contributed by atoms with van der Waals surface area (Å²) in [6, 6.07) is 0. The van der Waals surface area contributed by atoms with Crippen molar-refractivity contribution in [2.24, 2.45) is 23.9 Å². The van der Waals surface area contributed by atoms with E-state index >= 15 is 0 Å². The highest BCUT2D eigenvalue weighted by molar-refractivity contribution is 5.98. The lowest BCUT2D eigenvalue weighted by molar-refractivity contribution is -0.120. The molecule has 2 atom stereocenters. The van der Waals surface area contributed by atoms with E-state index in [1.54, 1.807) is 22.8 Å². The number of aryl methyl sites for hydroxylation is 1. The number of carbonyl (C=O) groups excluding carboxylic acids is 1. The lowest BCUT2D eigenvalue weighted by atomic mass is 9.80. The van der Waals surface area contributed by atoms with Crippen molar-refractivity contribution >= 4 is 17.6 Å². The van der Waals surface area contributed by atoms with Gasteiger partial charge in [-0.25, -0.2) is 0 Å². The van der Waals surface area contributed by atoms with E-state index in [9.17, 15) is 4.79 Å². The van der Waals surface area contributed by atoms with Crippen LogP contribution in [-0.4, -0.2) is 59.8 Å². The highest BCUT2D eigenvalue weighted by Crippen LogP contribution is 2.28. The number of hydrogen-bond donors (Lipinski definition) is 1. The molecule has 1 aliphatic carbocycles. The zero-order valence-electron chi connectivity index (χ0n) is 15.6. The average molecular weight is 346 g/mol. The monoisotopic (exact) mass is 346 g/mol. The molecule has 0 aromatic carbocycles. The number of anilines is 1. The minimum atomic E-state index is 0.0910. The molecular formula is C18H30N6O. The number of carbonyl (C=O) groups is 1. The van der Waals surface area contributed by atoms with E-state index < -0.39 is 0 Å². The number of amides is 1. The van der Waals surface area contributed by atoms with Crippen LogP contribution in [0.1, 0.15) is 32.6 Å². The van der Waals surface area contributed by atoms with Gasteiger partial charge in [0, 0.05) is 39.9 Å². The van der Waals surface area contributed by atoms with Crippen LogP contribution in [0, 0.1) is 11.8 Å². The topological polar surface area (TPSA) is 65.8 Å². The molecule has 7 heteroatoms. The molecule has 1 aliphatic heterocycles. The number of hydrogen-bond acceptors (Lipinski definition) is 3. The standard InChI is InChI=1S/C18H30N6O/c1-14-6-4-5-7-15(14)10-20-18(19-2)23-8-9-24(17(25)13-23)16-11-21-22(3)12-16/h11-12,14-15H,4-10,13H2,1-3H3,(H,19,20). The van der Waals surface area contributed by atoms with E-state index in [-0.39, 0.29) is 5.91 Å². The van der Waals surface area contributed by atoms with Crippen LogP contribution in [0.25, 0.3) is 0 Å². The first kappa shape index (κ1) is 17.8. The van der Waals surface area contributed by atoms with Crippen LogP contribution in [-0.2, 0) is 11.8 Å². The van der Waals surface area contributed by atoms with E-state index in [2.05, 4.69) is 27.2 Å². The van der Waals surface area contributed by atoms with Gasteiger partial charge in [0.05, 0.1) is 11.9 Å². The summed E-state index contributed by atoms with van der Waals surface area (Å²) < 4.78 is 1.72. The fourth-order valence-corrected chi connectivity index (χ4v) is 3.93. The molecule has 1 amide bonds. The molecule has 0 spiro atoms.